The van der Waals surface area contributed by atoms with Gasteiger partial charge in [0.15, 0.2) is 0 Å². The van der Waals surface area contributed by atoms with Gasteiger partial charge in [0.05, 0.1) is 12.6 Å². The highest BCUT2D eigenvalue weighted by Gasteiger charge is 2.16. The lowest BCUT2D eigenvalue weighted by Crippen LogP contribution is -1.99. The van der Waals surface area contributed by atoms with E-state index in [1.165, 1.54) is 18.4 Å². The smallest absolute Gasteiger partial charge is 0.348 e. The van der Waals surface area contributed by atoms with Gasteiger partial charge in [-0.1, -0.05) is 18.2 Å². The Kier molecular flexibility index (Phi) is 2.52. The summed E-state index contributed by atoms with van der Waals surface area (Å²) in [6.07, 6.45) is 0. The van der Waals surface area contributed by atoms with Gasteiger partial charge in [-0.05, 0) is 24.6 Å². The fourth-order valence-electron chi connectivity index (χ4n) is 2.03. The number of hydrogen-bond donors (Lipinski definition) is 0. The van der Waals surface area contributed by atoms with Crippen LogP contribution in [0.15, 0.2) is 30.3 Å². The van der Waals surface area contributed by atoms with Crippen molar-refractivity contribution in [2.24, 2.45) is 0 Å². The van der Waals surface area contributed by atoms with Gasteiger partial charge >= 0.3 is 5.97 Å². The number of pyridine rings is 1. The molecular formula is C14H11NO2S. The Morgan fingerprint density at radius 1 is 1.33 bits per heavy atom. The number of rotatable bonds is 1. The fraction of sp³-hybridized carbons (Fsp3) is 0.143. The van der Waals surface area contributed by atoms with Gasteiger partial charge in [-0.2, -0.15) is 0 Å². The highest BCUT2D eigenvalue weighted by molar-refractivity contribution is 7.20. The van der Waals surface area contributed by atoms with Crippen LogP contribution in [0.2, 0.25) is 0 Å². The zero-order valence-corrected chi connectivity index (χ0v) is 10.9. The lowest BCUT2D eigenvalue weighted by atomic mass is 10.1. The fourth-order valence-corrected chi connectivity index (χ4v) is 3.12. The number of nitrogens with zero attached hydrogens (tertiary/aromatic N) is 1. The number of thiophene rings is 1. The summed E-state index contributed by atoms with van der Waals surface area (Å²) in [5.41, 5.74) is 1.89. The molecule has 2 aromatic heterocycles. The normalized spacial score (nSPS) is 11.0. The monoisotopic (exact) mass is 257 g/mol. The summed E-state index contributed by atoms with van der Waals surface area (Å²) in [6.45, 7) is 1.93. The first-order valence-corrected chi connectivity index (χ1v) is 6.39. The molecule has 0 saturated heterocycles. The van der Waals surface area contributed by atoms with Gasteiger partial charge in [0.2, 0.25) is 0 Å². The third kappa shape index (κ3) is 1.57. The van der Waals surface area contributed by atoms with E-state index in [9.17, 15) is 4.79 Å². The maximum absolute atomic E-state index is 11.7. The summed E-state index contributed by atoms with van der Waals surface area (Å²) in [4.78, 5) is 17.8. The number of ether oxygens (including phenoxy) is 1. The van der Waals surface area contributed by atoms with Gasteiger partial charge < -0.3 is 4.74 Å². The van der Waals surface area contributed by atoms with Crippen molar-refractivity contribution in [2.75, 3.05) is 7.11 Å². The van der Waals surface area contributed by atoms with E-state index < -0.39 is 0 Å². The molecule has 0 N–H and O–H groups in total. The lowest BCUT2D eigenvalue weighted by Gasteiger charge is -1.97. The van der Waals surface area contributed by atoms with E-state index in [0.29, 0.717) is 4.88 Å². The van der Waals surface area contributed by atoms with Gasteiger partial charge in [0.1, 0.15) is 9.71 Å². The van der Waals surface area contributed by atoms with E-state index >= 15 is 0 Å². The molecule has 90 valence electrons. The van der Waals surface area contributed by atoms with Crippen molar-refractivity contribution in [3.8, 4) is 0 Å². The minimum Gasteiger partial charge on any atom is -0.465 e. The average Bonchev–Trinajstić information content (AvgIpc) is 2.72. The van der Waals surface area contributed by atoms with Crippen LogP contribution in [0.5, 0.6) is 0 Å². The average molecular weight is 257 g/mol. The third-order valence-electron chi connectivity index (χ3n) is 3.00. The maximum Gasteiger partial charge on any atom is 0.348 e. The van der Waals surface area contributed by atoms with Gasteiger partial charge in [0, 0.05) is 10.8 Å². The minimum absolute atomic E-state index is 0.292. The van der Waals surface area contributed by atoms with Crippen LogP contribution in [-0.2, 0) is 4.74 Å². The highest BCUT2D eigenvalue weighted by atomic mass is 32.1. The molecule has 1 aromatic carbocycles. The molecule has 0 aliphatic carbocycles. The van der Waals surface area contributed by atoms with Crippen LogP contribution < -0.4 is 0 Å². The number of para-hydroxylation sites is 1. The Morgan fingerprint density at radius 2 is 2.11 bits per heavy atom. The van der Waals surface area contributed by atoms with E-state index in [-0.39, 0.29) is 5.97 Å². The summed E-state index contributed by atoms with van der Waals surface area (Å²) in [6, 6.07) is 10.0. The van der Waals surface area contributed by atoms with Crippen LogP contribution in [0, 0.1) is 6.92 Å². The van der Waals surface area contributed by atoms with Crippen molar-refractivity contribution in [1.29, 1.82) is 0 Å². The van der Waals surface area contributed by atoms with E-state index in [2.05, 4.69) is 11.1 Å². The summed E-state index contributed by atoms with van der Waals surface area (Å²) >= 11 is 1.39. The molecule has 2 heterocycles. The summed E-state index contributed by atoms with van der Waals surface area (Å²) in [7, 11) is 1.40. The number of esters is 1. The number of carbonyl (C=O) groups excluding carboxylic acids is 1. The van der Waals surface area contributed by atoms with Crippen molar-refractivity contribution in [2.45, 2.75) is 6.92 Å². The molecule has 3 nitrogen and oxygen atoms in total. The quantitative estimate of drug-likeness (QED) is 0.626. The molecule has 0 radical (unpaired) electrons. The number of methoxy groups -OCH3 is 1. The second kappa shape index (κ2) is 4.07. The highest BCUT2D eigenvalue weighted by Crippen LogP contribution is 2.32. The zero-order chi connectivity index (χ0) is 12.7. The van der Waals surface area contributed by atoms with E-state index in [1.54, 1.807) is 0 Å². The molecule has 4 heteroatoms. The second-order valence-electron chi connectivity index (χ2n) is 4.08. The number of aromatic nitrogens is 1. The standard InChI is InChI=1S/C14H11NO2S/c1-8-10-7-9-5-3-4-6-11(9)15-13(10)18-12(8)14(16)17-2/h3-7H,1-2H3. The minimum atomic E-state index is -0.292. The van der Waals surface area contributed by atoms with Crippen LogP contribution in [-0.4, -0.2) is 18.1 Å². The molecule has 0 unspecified atom stereocenters. The molecule has 0 spiro atoms. The van der Waals surface area contributed by atoms with Crippen LogP contribution in [0.3, 0.4) is 0 Å². The Labute approximate surface area is 108 Å². The first kappa shape index (κ1) is 11.2. The van der Waals surface area contributed by atoms with Crippen molar-refractivity contribution in [3.63, 3.8) is 0 Å². The van der Waals surface area contributed by atoms with Crippen LogP contribution >= 0.6 is 11.3 Å². The number of hydrogen-bond acceptors (Lipinski definition) is 4. The summed E-state index contributed by atoms with van der Waals surface area (Å²) in [5, 5.41) is 2.11. The summed E-state index contributed by atoms with van der Waals surface area (Å²) < 4.78 is 4.79. The first-order chi connectivity index (χ1) is 8.70. The van der Waals surface area contributed by atoms with Crippen molar-refractivity contribution in [3.05, 3.63) is 40.8 Å². The second-order valence-corrected chi connectivity index (χ2v) is 5.08. The van der Waals surface area contributed by atoms with E-state index in [4.69, 9.17) is 4.74 Å². The summed E-state index contributed by atoms with van der Waals surface area (Å²) in [5.74, 6) is -0.292. The molecule has 3 rings (SSSR count). The van der Waals surface area contributed by atoms with Crippen molar-refractivity contribution >= 4 is 38.4 Å². The predicted molar refractivity (Wildman–Crippen MR) is 73.2 cm³/mol. The molecule has 0 bridgehead atoms. The van der Waals surface area contributed by atoms with E-state index in [1.807, 2.05) is 31.2 Å². The first-order valence-electron chi connectivity index (χ1n) is 5.58. The molecular weight excluding hydrogens is 246 g/mol. The predicted octanol–water partition coefficient (Wildman–Crippen LogP) is 3.54. The number of aryl methyl sites for hydroxylation is 1. The zero-order valence-electron chi connectivity index (χ0n) is 10.1. The van der Waals surface area contributed by atoms with Crippen LogP contribution in [0.25, 0.3) is 21.1 Å². The third-order valence-corrected chi connectivity index (χ3v) is 4.18. The number of carbonyl (C=O) groups is 1. The molecule has 0 fully saturated rings. The lowest BCUT2D eigenvalue weighted by molar-refractivity contribution is 0.0605. The number of fused-ring (bicyclic) bond motifs is 2. The van der Waals surface area contributed by atoms with Gasteiger partial charge in [-0.3, -0.25) is 0 Å². The molecule has 0 saturated carbocycles. The van der Waals surface area contributed by atoms with Gasteiger partial charge in [-0.15, -0.1) is 11.3 Å². The molecule has 0 aliphatic rings. The van der Waals surface area contributed by atoms with Gasteiger partial charge in [0.25, 0.3) is 0 Å². The largest absolute Gasteiger partial charge is 0.465 e. The molecule has 0 aliphatic heterocycles. The Morgan fingerprint density at radius 3 is 2.89 bits per heavy atom. The van der Waals surface area contributed by atoms with Crippen LogP contribution in [0.1, 0.15) is 15.2 Å². The van der Waals surface area contributed by atoms with E-state index in [0.717, 1.165) is 26.7 Å². The number of benzene rings is 1. The van der Waals surface area contributed by atoms with Crippen molar-refractivity contribution in [1.82, 2.24) is 4.98 Å². The molecule has 0 amide bonds. The van der Waals surface area contributed by atoms with Crippen molar-refractivity contribution < 1.29 is 9.53 Å². The molecule has 3 aromatic rings. The van der Waals surface area contributed by atoms with Crippen LogP contribution in [0.4, 0.5) is 0 Å². The molecule has 0 atom stereocenters. The maximum atomic E-state index is 11.7. The SMILES string of the molecule is COC(=O)c1sc2nc3ccccc3cc2c1C. The Bertz CT molecular complexity index is 761. The Balaban J connectivity index is 2.36. The van der Waals surface area contributed by atoms with Gasteiger partial charge in [-0.25, -0.2) is 9.78 Å². The topological polar surface area (TPSA) is 39.2 Å². The Hall–Kier alpha value is -1.94. The molecule has 18 heavy (non-hydrogen) atoms.